The fraction of sp³-hybridized carbons (Fsp3) is 0.176. The Bertz CT molecular complexity index is 714. The van der Waals surface area contributed by atoms with Crippen molar-refractivity contribution in [2.24, 2.45) is 0 Å². The lowest BCUT2D eigenvalue weighted by Crippen LogP contribution is -2.15. The van der Waals surface area contributed by atoms with Crippen molar-refractivity contribution in [1.29, 1.82) is 0 Å². The highest BCUT2D eigenvalue weighted by molar-refractivity contribution is 6.63. The van der Waals surface area contributed by atoms with Crippen LogP contribution in [0.2, 0.25) is 0 Å². The predicted octanol–water partition coefficient (Wildman–Crippen LogP) is 3.74. The van der Waals surface area contributed by atoms with Gasteiger partial charge in [-0.2, -0.15) is 0 Å². The van der Waals surface area contributed by atoms with E-state index < -0.39 is 5.24 Å². The average Bonchev–Trinajstić information content (AvgIpc) is 2.71. The Hall–Kier alpha value is -2.13. The minimum atomic E-state index is -0.443. The van der Waals surface area contributed by atoms with E-state index in [2.05, 4.69) is 6.58 Å². The summed E-state index contributed by atoms with van der Waals surface area (Å²) < 4.78 is 1.59. The van der Waals surface area contributed by atoms with Crippen LogP contribution >= 0.6 is 11.6 Å². The third kappa shape index (κ3) is 2.83. The van der Waals surface area contributed by atoms with Crippen molar-refractivity contribution in [2.75, 3.05) is 0 Å². The molecule has 1 aromatic carbocycles. The summed E-state index contributed by atoms with van der Waals surface area (Å²) in [5.74, 6) is -0.139. The van der Waals surface area contributed by atoms with Crippen molar-refractivity contribution in [1.82, 2.24) is 4.57 Å². The molecular formula is C17H16ClNO2. The molecule has 21 heavy (non-hydrogen) atoms. The lowest BCUT2D eigenvalue weighted by molar-refractivity contribution is -0.111. The Balaban J connectivity index is 2.61. The van der Waals surface area contributed by atoms with Crippen molar-refractivity contribution in [3.8, 4) is 0 Å². The normalized spacial score (nSPS) is 10.4. The second-order valence-electron chi connectivity index (χ2n) is 4.82. The maximum Gasteiger partial charge on any atom is 0.262 e. The van der Waals surface area contributed by atoms with Gasteiger partial charge >= 0.3 is 0 Å². The molecule has 4 heteroatoms. The summed E-state index contributed by atoms with van der Waals surface area (Å²) >= 11 is 5.50. The number of hydrogen-bond donors (Lipinski definition) is 0. The molecule has 1 heterocycles. The molecule has 0 atom stereocenters. The smallest absolute Gasteiger partial charge is 0.262 e. The number of halogens is 1. The van der Waals surface area contributed by atoms with Crippen LogP contribution in [0.15, 0.2) is 36.9 Å². The fourth-order valence-electron chi connectivity index (χ4n) is 2.52. The van der Waals surface area contributed by atoms with Crippen LogP contribution in [-0.2, 0) is 11.2 Å². The zero-order chi connectivity index (χ0) is 15.6. The molecule has 0 aliphatic rings. The first-order valence-corrected chi connectivity index (χ1v) is 6.96. The molecule has 0 fully saturated rings. The summed E-state index contributed by atoms with van der Waals surface area (Å²) in [4.78, 5) is 23.9. The van der Waals surface area contributed by atoms with E-state index in [9.17, 15) is 9.59 Å². The van der Waals surface area contributed by atoms with Crippen LogP contribution in [0.4, 0.5) is 0 Å². The minimum Gasteiger partial charge on any atom is -0.281 e. The van der Waals surface area contributed by atoms with Gasteiger partial charge in [0.15, 0.2) is 0 Å². The van der Waals surface area contributed by atoms with Gasteiger partial charge in [-0.3, -0.25) is 14.2 Å². The van der Waals surface area contributed by atoms with Crippen molar-refractivity contribution in [3.05, 3.63) is 65.0 Å². The van der Waals surface area contributed by atoms with Gasteiger partial charge in [-0.15, -0.1) is 0 Å². The molecular weight excluding hydrogens is 286 g/mol. The van der Waals surface area contributed by atoms with E-state index in [0.717, 1.165) is 16.8 Å². The minimum absolute atomic E-state index is 0.106. The summed E-state index contributed by atoms with van der Waals surface area (Å²) in [5.41, 5.74) is 3.66. The highest BCUT2D eigenvalue weighted by Gasteiger charge is 2.21. The summed E-state index contributed by atoms with van der Waals surface area (Å²) in [6.07, 6.45) is 1.74. The molecule has 1 aromatic heterocycles. The first-order chi connectivity index (χ1) is 9.97. The number of benzene rings is 1. The first kappa shape index (κ1) is 15.3. The zero-order valence-electron chi connectivity index (χ0n) is 12.0. The van der Waals surface area contributed by atoms with E-state index in [-0.39, 0.29) is 12.3 Å². The van der Waals surface area contributed by atoms with Crippen LogP contribution in [-0.4, -0.2) is 15.7 Å². The van der Waals surface area contributed by atoms with E-state index in [1.165, 1.54) is 0 Å². The van der Waals surface area contributed by atoms with Crippen LogP contribution in [0.5, 0.6) is 0 Å². The molecule has 2 aromatic rings. The summed E-state index contributed by atoms with van der Waals surface area (Å²) in [6.45, 7) is 7.46. The number of nitrogens with zero attached hydrogens (tertiary/aromatic N) is 1. The van der Waals surface area contributed by atoms with Gasteiger partial charge in [-0.25, -0.2) is 0 Å². The van der Waals surface area contributed by atoms with E-state index in [4.69, 9.17) is 11.6 Å². The maximum atomic E-state index is 12.7. The lowest BCUT2D eigenvalue weighted by atomic mass is 10.1. The molecule has 0 aliphatic heterocycles. The lowest BCUT2D eigenvalue weighted by Gasteiger charge is -2.08. The van der Waals surface area contributed by atoms with E-state index >= 15 is 0 Å². The summed E-state index contributed by atoms with van der Waals surface area (Å²) in [7, 11) is 0. The molecule has 0 radical (unpaired) electrons. The summed E-state index contributed by atoms with van der Waals surface area (Å²) in [6, 6.07) is 9.01. The molecule has 0 unspecified atom stereocenters. The van der Waals surface area contributed by atoms with Crippen molar-refractivity contribution in [2.45, 2.75) is 20.3 Å². The Morgan fingerprint density at radius 1 is 1.24 bits per heavy atom. The Kier molecular flexibility index (Phi) is 4.43. The van der Waals surface area contributed by atoms with Gasteiger partial charge in [0.25, 0.3) is 5.91 Å². The second-order valence-corrected chi connectivity index (χ2v) is 5.24. The molecule has 0 amide bonds. The molecule has 0 N–H and O–H groups in total. The Morgan fingerprint density at radius 2 is 1.86 bits per heavy atom. The van der Waals surface area contributed by atoms with Gasteiger partial charge in [0.05, 0.1) is 5.69 Å². The average molecular weight is 302 g/mol. The molecule has 0 saturated heterocycles. The zero-order valence-corrected chi connectivity index (χ0v) is 12.8. The van der Waals surface area contributed by atoms with Gasteiger partial charge in [0, 0.05) is 17.7 Å². The largest absolute Gasteiger partial charge is 0.281 e. The standard InChI is InChI=1S/C17H16ClNO2/c1-4-15-11(2)14(10-16(18)20)12(3)19(15)17(21)13-8-6-5-7-9-13/h4-9H,1,10H2,2-3H3. The van der Waals surface area contributed by atoms with Crippen LogP contribution in [0, 0.1) is 13.8 Å². The van der Waals surface area contributed by atoms with Crippen LogP contribution < -0.4 is 0 Å². The van der Waals surface area contributed by atoms with Gasteiger partial charge < -0.3 is 0 Å². The van der Waals surface area contributed by atoms with Crippen molar-refractivity contribution < 1.29 is 9.59 Å². The topological polar surface area (TPSA) is 39.1 Å². The molecule has 108 valence electrons. The van der Waals surface area contributed by atoms with Crippen LogP contribution in [0.1, 0.15) is 32.9 Å². The molecule has 0 aliphatic carbocycles. The van der Waals surface area contributed by atoms with Crippen molar-refractivity contribution in [3.63, 3.8) is 0 Å². The van der Waals surface area contributed by atoms with Gasteiger partial charge in [-0.05, 0) is 54.8 Å². The molecule has 0 spiro atoms. The quantitative estimate of drug-likeness (QED) is 0.807. The van der Waals surface area contributed by atoms with Crippen molar-refractivity contribution >= 4 is 28.8 Å². The first-order valence-electron chi connectivity index (χ1n) is 6.58. The van der Waals surface area contributed by atoms with E-state index in [1.54, 1.807) is 22.8 Å². The van der Waals surface area contributed by atoms with E-state index in [1.807, 2.05) is 32.0 Å². The predicted molar refractivity (Wildman–Crippen MR) is 84.7 cm³/mol. The second kappa shape index (κ2) is 6.10. The third-order valence-electron chi connectivity index (χ3n) is 3.58. The number of carbonyl (C=O) groups excluding carboxylic acids is 2. The molecule has 2 rings (SSSR count). The number of rotatable bonds is 4. The Morgan fingerprint density at radius 3 is 2.38 bits per heavy atom. The Labute approximate surface area is 128 Å². The van der Waals surface area contributed by atoms with Gasteiger partial charge in [0.2, 0.25) is 5.24 Å². The number of aromatic nitrogens is 1. The highest BCUT2D eigenvalue weighted by Crippen LogP contribution is 2.25. The fourth-order valence-corrected chi connectivity index (χ4v) is 2.66. The van der Waals surface area contributed by atoms with Gasteiger partial charge in [0.1, 0.15) is 0 Å². The maximum absolute atomic E-state index is 12.7. The monoisotopic (exact) mass is 301 g/mol. The molecule has 3 nitrogen and oxygen atoms in total. The van der Waals surface area contributed by atoms with Crippen LogP contribution in [0.25, 0.3) is 6.08 Å². The summed E-state index contributed by atoms with van der Waals surface area (Å²) in [5, 5.41) is -0.443. The third-order valence-corrected chi connectivity index (χ3v) is 3.72. The number of hydrogen-bond acceptors (Lipinski definition) is 2. The van der Waals surface area contributed by atoms with E-state index in [0.29, 0.717) is 11.3 Å². The molecule has 0 saturated carbocycles. The SMILES string of the molecule is C=Cc1c(C)c(CC(=O)Cl)c(C)n1C(=O)c1ccccc1. The van der Waals surface area contributed by atoms with Gasteiger partial charge in [-0.1, -0.05) is 24.8 Å². The highest BCUT2D eigenvalue weighted by atomic mass is 35.5. The molecule has 0 bridgehead atoms. The van der Waals surface area contributed by atoms with Crippen LogP contribution in [0.3, 0.4) is 0 Å². The number of carbonyl (C=O) groups is 2.